The molecule has 0 fully saturated rings. The van der Waals surface area contributed by atoms with Gasteiger partial charge in [0.2, 0.25) is 0 Å². The van der Waals surface area contributed by atoms with Gasteiger partial charge in [-0.1, -0.05) is 45.9 Å². The van der Waals surface area contributed by atoms with Gasteiger partial charge in [-0.3, -0.25) is 4.52 Å². The lowest BCUT2D eigenvalue weighted by atomic mass is 10.2. The minimum absolute atomic E-state index is 0.101. The van der Waals surface area contributed by atoms with Crippen LogP contribution in [0.25, 0.3) is 0 Å². The van der Waals surface area contributed by atoms with Gasteiger partial charge in [0, 0.05) is 5.56 Å². The summed E-state index contributed by atoms with van der Waals surface area (Å²) in [6.45, 7) is 8.06. The molecule has 0 aromatic heterocycles. The SMILES string of the molecule is CC.CC(C)P1(=O)OCc2ccccc2O1. The Kier molecular flexibility index (Phi) is 4.57. The van der Waals surface area contributed by atoms with Crippen molar-refractivity contribution in [2.24, 2.45) is 0 Å². The van der Waals surface area contributed by atoms with E-state index in [-0.39, 0.29) is 5.66 Å². The number of rotatable bonds is 1. The van der Waals surface area contributed by atoms with Gasteiger partial charge in [0.25, 0.3) is 0 Å². The Morgan fingerprint density at radius 1 is 1.25 bits per heavy atom. The molecule has 2 rings (SSSR count). The lowest BCUT2D eigenvalue weighted by Gasteiger charge is -2.28. The first-order valence-electron chi connectivity index (χ1n) is 5.63. The minimum atomic E-state index is -2.92. The van der Waals surface area contributed by atoms with Crippen molar-refractivity contribution < 1.29 is 13.6 Å². The lowest BCUT2D eigenvalue weighted by Crippen LogP contribution is -2.13. The topological polar surface area (TPSA) is 35.5 Å². The number of fused-ring (bicyclic) bond motifs is 1. The third-order valence-corrected chi connectivity index (χ3v) is 4.44. The monoisotopic (exact) mass is 242 g/mol. The molecule has 0 radical (unpaired) electrons. The van der Waals surface area contributed by atoms with Crippen LogP contribution < -0.4 is 4.52 Å². The molecule has 3 nitrogen and oxygen atoms in total. The number of hydrogen-bond acceptors (Lipinski definition) is 3. The van der Waals surface area contributed by atoms with E-state index in [0.717, 1.165) is 5.56 Å². The highest BCUT2D eigenvalue weighted by atomic mass is 31.2. The highest BCUT2D eigenvalue weighted by Crippen LogP contribution is 2.56. The summed E-state index contributed by atoms with van der Waals surface area (Å²) in [7, 11) is -2.92. The summed E-state index contributed by atoms with van der Waals surface area (Å²) in [5.74, 6) is 0.691. The quantitative estimate of drug-likeness (QED) is 0.691. The molecule has 1 heterocycles. The van der Waals surface area contributed by atoms with Crippen LogP contribution in [-0.4, -0.2) is 5.66 Å². The Hall–Kier alpha value is -0.790. The van der Waals surface area contributed by atoms with Gasteiger partial charge < -0.3 is 4.52 Å². The van der Waals surface area contributed by atoms with Crippen LogP contribution in [0, 0.1) is 0 Å². The van der Waals surface area contributed by atoms with Crippen molar-refractivity contribution >= 4 is 7.60 Å². The molecule has 1 unspecified atom stereocenters. The Morgan fingerprint density at radius 2 is 1.88 bits per heavy atom. The molecule has 4 heteroatoms. The average Bonchev–Trinajstić information content (AvgIpc) is 2.31. The first-order valence-corrected chi connectivity index (χ1v) is 7.25. The Morgan fingerprint density at radius 3 is 2.50 bits per heavy atom. The van der Waals surface area contributed by atoms with E-state index in [4.69, 9.17) is 9.05 Å². The van der Waals surface area contributed by atoms with Gasteiger partial charge >= 0.3 is 7.60 Å². The maximum Gasteiger partial charge on any atom is 0.382 e. The highest BCUT2D eigenvalue weighted by Gasteiger charge is 2.35. The van der Waals surface area contributed by atoms with E-state index in [1.807, 2.05) is 52.0 Å². The molecule has 1 aromatic carbocycles. The molecule has 0 amide bonds. The molecule has 16 heavy (non-hydrogen) atoms. The zero-order valence-electron chi connectivity index (χ0n) is 10.3. The number of hydrogen-bond donors (Lipinski definition) is 0. The third kappa shape index (κ3) is 2.66. The van der Waals surface area contributed by atoms with E-state index in [1.165, 1.54) is 0 Å². The lowest BCUT2D eigenvalue weighted by molar-refractivity contribution is 0.227. The maximum absolute atomic E-state index is 12.1. The van der Waals surface area contributed by atoms with Crippen molar-refractivity contribution in [3.05, 3.63) is 29.8 Å². The van der Waals surface area contributed by atoms with Gasteiger partial charge in [-0.15, -0.1) is 0 Å². The Labute approximate surface area is 97.3 Å². The molecular weight excluding hydrogens is 223 g/mol. The summed E-state index contributed by atoms with van der Waals surface area (Å²) in [6, 6.07) is 7.53. The largest absolute Gasteiger partial charge is 0.424 e. The van der Waals surface area contributed by atoms with E-state index in [9.17, 15) is 4.57 Å². The van der Waals surface area contributed by atoms with Crippen molar-refractivity contribution in [3.63, 3.8) is 0 Å². The first-order chi connectivity index (χ1) is 7.62. The smallest absolute Gasteiger partial charge is 0.382 e. The molecule has 1 atom stereocenters. The van der Waals surface area contributed by atoms with Crippen LogP contribution in [0.1, 0.15) is 33.3 Å². The summed E-state index contributed by atoms with van der Waals surface area (Å²) < 4.78 is 22.8. The average molecular weight is 242 g/mol. The second kappa shape index (κ2) is 5.51. The van der Waals surface area contributed by atoms with E-state index in [2.05, 4.69) is 0 Å². The molecule has 0 saturated heterocycles. The summed E-state index contributed by atoms with van der Waals surface area (Å²) in [5.41, 5.74) is 0.857. The molecule has 90 valence electrons. The van der Waals surface area contributed by atoms with Crippen molar-refractivity contribution in [1.82, 2.24) is 0 Å². The van der Waals surface area contributed by atoms with Crippen molar-refractivity contribution in [2.45, 2.75) is 40.0 Å². The van der Waals surface area contributed by atoms with Gasteiger partial charge in [-0.2, -0.15) is 0 Å². The molecule has 1 aliphatic heterocycles. The van der Waals surface area contributed by atoms with Crippen LogP contribution >= 0.6 is 7.60 Å². The summed E-state index contributed by atoms with van der Waals surface area (Å²) in [4.78, 5) is 0. The molecule has 0 spiro atoms. The van der Waals surface area contributed by atoms with E-state index in [1.54, 1.807) is 0 Å². The zero-order valence-corrected chi connectivity index (χ0v) is 11.2. The van der Waals surface area contributed by atoms with Gasteiger partial charge in [0.15, 0.2) is 0 Å². The molecule has 1 aromatic rings. The molecule has 1 aliphatic rings. The predicted molar refractivity (Wildman–Crippen MR) is 65.9 cm³/mol. The van der Waals surface area contributed by atoms with Crippen LogP contribution in [0.4, 0.5) is 0 Å². The normalized spacial score (nSPS) is 22.8. The van der Waals surface area contributed by atoms with Gasteiger partial charge in [-0.25, -0.2) is 4.57 Å². The highest BCUT2D eigenvalue weighted by molar-refractivity contribution is 7.55. The molecule has 0 saturated carbocycles. The van der Waals surface area contributed by atoms with Crippen LogP contribution in [0.2, 0.25) is 0 Å². The van der Waals surface area contributed by atoms with E-state index >= 15 is 0 Å². The Bertz CT molecular complexity index is 388. The summed E-state index contributed by atoms with van der Waals surface area (Å²) >= 11 is 0. The fourth-order valence-corrected chi connectivity index (χ4v) is 2.62. The maximum atomic E-state index is 12.1. The molecule has 0 aliphatic carbocycles. The van der Waals surface area contributed by atoms with Crippen LogP contribution in [0.5, 0.6) is 5.75 Å². The summed E-state index contributed by atoms with van der Waals surface area (Å²) in [5, 5.41) is 0. The summed E-state index contributed by atoms with van der Waals surface area (Å²) in [6.07, 6.45) is 0. The standard InChI is InChI=1S/C10H13O3P.C2H6/c1-8(2)14(11)12-7-9-5-3-4-6-10(9)13-14;1-2/h3-6,8H,7H2,1-2H3;1-2H3. The minimum Gasteiger partial charge on any atom is -0.424 e. The van der Waals surface area contributed by atoms with Crippen LogP contribution in [-0.2, 0) is 15.7 Å². The van der Waals surface area contributed by atoms with Gasteiger partial charge in [0.05, 0.1) is 12.3 Å². The fraction of sp³-hybridized carbons (Fsp3) is 0.500. The molecule has 0 N–H and O–H groups in total. The van der Waals surface area contributed by atoms with Gasteiger partial charge in [0.1, 0.15) is 5.75 Å². The fourth-order valence-electron chi connectivity index (χ4n) is 1.29. The van der Waals surface area contributed by atoms with E-state index < -0.39 is 7.60 Å². The van der Waals surface area contributed by atoms with Gasteiger partial charge in [-0.05, 0) is 6.07 Å². The van der Waals surface area contributed by atoms with Crippen molar-refractivity contribution in [2.75, 3.05) is 0 Å². The zero-order chi connectivity index (χ0) is 12.2. The first kappa shape index (κ1) is 13.3. The second-order valence-corrected chi connectivity index (χ2v) is 6.16. The predicted octanol–water partition coefficient (Wildman–Crippen LogP) is 4.22. The molecular formula is C12H19O3P. The number of para-hydroxylation sites is 1. The van der Waals surface area contributed by atoms with Crippen molar-refractivity contribution in [1.29, 1.82) is 0 Å². The molecule has 0 bridgehead atoms. The van der Waals surface area contributed by atoms with E-state index in [0.29, 0.717) is 12.4 Å². The van der Waals surface area contributed by atoms with Crippen molar-refractivity contribution in [3.8, 4) is 5.75 Å². The van der Waals surface area contributed by atoms with Crippen LogP contribution in [0.3, 0.4) is 0 Å². The second-order valence-electron chi connectivity index (χ2n) is 3.61. The Balaban J connectivity index is 0.000000606. The third-order valence-electron chi connectivity index (χ3n) is 2.23. The number of benzene rings is 1. The van der Waals surface area contributed by atoms with Crippen LogP contribution in [0.15, 0.2) is 24.3 Å².